The second-order valence-corrected chi connectivity index (χ2v) is 8.31. The van der Waals surface area contributed by atoms with Gasteiger partial charge in [-0.05, 0) is 18.4 Å². The molecule has 156 valence electrons. The number of rotatable bonds is 5. The van der Waals surface area contributed by atoms with Crippen molar-refractivity contribution in [3.8, 4) is 0 Å². The normalized spacial score (nSPS) is 24.1. The van der Waals surface area contributed by atoms with Crippen LogP contribution in [0.15, 0.2) is 30.3 Å². The van der Waals surface area contributed by atoms with Gasteiger partial charge in [-0.15, -0.1) is 0 Å². The van der Waals surface area contributed by atoms with Crippen LogP contribution >= 0.6 is 0 Å². The Balaban J connectivity index is 1.36. The fourth-order valence-electron chi connectivity index (χ4n) is 4.79. The van der Waals surface area contributed by atoms with Gasteiger partial charge in [0.2, 0.25) is 17.7 Å². The second-order valence-electron chi connectivity index (χ2n) is 8.31. The fourth-order valence-corrected chi connectivity index (χ4v) is 4.79. The van der Waals surface area contributed by atoms with Crippen LogP contribution in [0.2, 0.25) is 0 Å². The largest absolute Gasteiger partial charge is 0.353 e. The zero-order valence-electron chi connectivity index (χ0n) is 16.9. The minimum Gasteiger partial charge on any atom is -0.353 e. The van der Waals surface area contributed by atoms with Gasteiger partial charge in [0.05, 0.1) is 19.0 Å². The Morgan fingerprint density at radius 3 is 2.52 bits per heavy atom. The van der Waals surface area contributed by atoms with Gasteiger partial charge in [0.15, 0.2) is 0 Å². The predicted molar refractivity (Wildman–Crippen MR) is 109 cm³/mol. The maximum atomic E-state index is 12.9. The average molecular weight is 399 g/mol. The third-order valence-corrected chi connectivity index (χ3v) is 6.41. The molecule has 3 amide bonds. The first kappa shape index (κ1) is 19.9. The third-order valence-electron chi connectivity index (χ3n) is 6.41. The van der Waals surface area contributed by atoms with Crippen LogP contribution in [0.4, 0.5) is 0 Å². The molecule has 1 aliphatic carbocycles. The third kappa shape index (κ3) is 4.61. The number of hydrogen-bond donors (Lipinski definition) is 1. The van der Waals surface area contributed by atoms with Crippen molar-refractivity contribution in [3.63, 3.8) is 0 Å². The zero-order chi connectivity index (χ0) is 20.2. The summed E-state index contributed by atoms with van der Waals surface area (Å²) in [6.07, 6.45) is 4.65. The van der Waals surface area contributed by atoms with Crippen LogP contribution in [0.25, 0.3) is 0 Å². The van der Waals surface area contributed by atoms with E-state index in [1.165, 1.54) is 12.8 Å². The van der Waals surface area contributed by atoms with Gasteiger partial charge >= 0.3 is 0 Å². The molecule has 0 spiro atoms. The molecule has 0 bridgehead atoms. The van der Waals surface area contributed by atoms with Crippen LogP contribution in [-0.2, 0) is 20.9 Å². The van der Waals surface area contributed by atoms with E-state index in [0.29, 0.717) is 38.8 Å². The van der Waals surface area contributed by atoms with E-state index in [-0.39, 0.29) is 30.7 Å². The van der Waals surface area contributed by atoms with Crippen LogP contribution in [0, 0.1) is 0 Å². The number of carbonyl (C=O) groups is 3. The average Bonchev–Trinajstić information content (AvgIpc) is 3.25. The van der Waals surface area contributed by atoms with Gasteiger partial charge in [0.25, 0.3) is 0 Å². The lowest BCUT2D eigenvalue weighted by atomic mass is 10.1. The summed E-state index contributed by atoms with van der Waals surface area (Å²) >= 11 is 0. The van der Waals surface area contributed by atoms with E-state index in [1.54, 1.807) is 4.90 Å². The quantitative estimate of drug-likeness (QED) is 0.803. The number of nitrogens with zero attached hydrogens (tertiary/aromatic N) is 3. The number of piperazine rings is 2. The maximum absolute atomic E-state index is 12.9. The molecule has 29 heavy (non-hydrogen) atoms. The molecule has 1 aromatic rings. The van der Waals surface area contributed by atoms with Crippen LogP contribution in [0.1, 0.15) is 37.7 Å². The van der Waals surface area contributed by atoms with Crippen molar-refractivity contribution in [2.24, 2.45) is 0 Å². The highest BCUT2D eigenvalue weighted by molar-refractivity contribution is 5.91. The highest BCUT2D eigenvalue weighted by Gasteiger charge is 2.36. The van der Waals surface area contributed by atoms with Crippen LogP contribution in [0.3, 0.4) is 0 Å². The van der Waals surface area contributed by atoms with E-state index in [9.17, 15) is 14.4 Å². The molecule has 4 rings (SSSR count). The first-order valence-electron chi connectivity index (χ1n) is 10.7. The van der Waals surface area contributed by atoms with E-state index in [4.69, 9.17) is 0 Å². The molecule has 1 atom stereocenters. The molecule has 7 nitrogen and oxygen atoms in total. The van der Waals surface area contributed by atoms with E-state index in [0.717, 1.165) is 18.4 Å². The van der Waals surface area contributed by atoms with E-state index in [2.05, 4.69) is 10.2 Å². The number of benzene rings is 1. The van der Waals surface area contributed by atoms with Crippen molar-refractivity contribution in [2.45, 2.75) is 50.7 Å². The summed E-state index contributed by atoms with van der Waals surface area (Å²) in [6.45, 7) is 3.26. The topological polar surface area (TPSA) is 73.0 Å². The van der Waals surface area contributed by atoms with Gasteiger partial charge < -0.3 is 15.1 Å². The molecule has 1 N–H and O–H groups in total. The SMILES string of the molecule is O=C1NCCN(Cc2ccccc2)C1CC(=O)N1CCN(C2CCCC2)C(=O)C1. The van der Waals surface area contributed by atoms with Crippen LogP contribution in [0.5, 0.6) is 0 Å². The summed E-state index contributed by atoms with van der Waals surface area (Å²) in [4.78, 5) is 43.7. The Hall–Kier alpha value is -2.41. The van der Waals surface area contributed by atoms with Crippen molar-refractivity contribution in [2.75, 3.05) is 32.7 Å². The summed E-state index contributed by atoms with van der Waals surface area (Å²) in [5.74, 6) is -0.160. The standard InChI is InChI=1S/C22H30N4O3/c27-20(25-12-13-26(21(28)16-25)18-8-4-5-9-18)14-19-22(29)23-10-11-24(19)15-17-6-2-1-3-7-17/h1-3,6-7,18-19H,4-5,8-16H2,(H,23,29). The lowest BCUT2D eigenvalue weighted by Gasteiger charge is -2.39. The smallest absolute Gasteiger partial charge is 0.242 e. The van der Waals surface area contributed by atoms with E-state index >= 15 is 0 Å². The van der Waals surface area contributed by atoms with Crippen molar-refractivity contribution < 1.29 is 14.4 Å². The summed E-state index contributed by atoms with van der Waals surface area (Å²) in [5, 5.41) is 2.88. The molecule has 3 aliphatic rings. The lowest BCUT2D eigenvalue weighted by molar-refractivity contribution is -0.148. The fraction of sp³-hybridized carbons (Fsp3) is 0.591. The highest BCUT2D eigenvalue weighted by Crippen LogP contribution is 2.25. The molecule has 3 fully saturated rings. The van der Waals surface area contributed by atoms with Crippen molar-refractivity contribution in [1.29, 1.82) is 0 Å². The molecule has 2 saturated heterocycles. The molecular weight excluding hydrogens is 368 g/mol. The van der Waals surface area contributed by atoms with Gasteiger partial charge in [-0.3, -0.25) is 19.3 Å². The number of carbonyl (C=O) groups excluding carboxylic acids is 3. The predicted octanol–water partition coefficient (Wildman–Crippen LogP) is 0.990. The Labute approximate surface area is 172 Å². The Kier molecular flexibility index (Phi) is 6.13. The van der Waals surface area contributed by atoms with Gasteiger partial charge in [0.1, 0.15) is 0 Å². The monoisotopic (exact) mass is 398 g/mol. The molecule has 1 aromatic carbocycles. The molecular formula is C22H30N4O3. The number of hydrogen-bond acceptors (Lipinski definition) is 4. The van der Waals surface area contributed by atoms with E-state index < -0.39 is 6.04 Å². The summed E-state index contributed by atoms with van der Waals surface area (Å²) in [6, 6.07) is 9.86. The molecule has 0 radical (unpaired) electrons. The Morgan fingerprint density at radius 2 is 1.79 bits per heavy atom. The highest BCUT2D eigenvalue weighted by atomic mass is 16.2. The Bertz CT molecular complexity index is 748. The van der Waals surface area contributed by atoms with Crippen molar-refractivity contribution >= 4 is 17.7 Å². The summed E-state index contributed by atoms with van der Waals surface area (Å²) in [5.41, 5.74) is 1.13. The van der Waals surface area contributed by atoms with Gasteiger partial charge in [-0.25, -0.2) is 0 Å². The first-order chi connectivity index (χ1) is 14.1. The van der Waals surface area contributed by atoms with Crippen molar-refractivity contribution in [3.05, 3.63) is 35.9 Å². The number of amides is 3. The van der Waals surface area contributed by atoms with Gasteiger partial charge in [0, 0.05) is 38.8 Å². The second kappa shape index (κ2) is 8.95. The molecule has 7 heteroatoms. The molecule has 1 saturated carbocycles. The molecule has 1 unspecified atom stereocenters. The van der Waals surface area contributed by atoms with E-state index in [1.807, 2.05) is 35.2 Å². The minimum atomic E-state index is -0.487. The number of nitrogens with one attached hydrogen (secondary N) is 1. The molecule has 2 heterocycles. The zero-order valence-corrected chi connectivity index (χ0v) is 16.9. The van der Waals surface area contributed by atoms with Crippen LogP contribution in [-0.4, -0.2) is 77.2 Å². The maximum Gasteiger partial charge on any atom is 0.242 e. The van der Waals surface area contributed by atoms with Gasteiger partial charge in [-0.2, -0.15) is 0 Å². The lowest BCUT2D eigenvalue weighted by Crippen LogP contribution is -2.58. The first-order valence-corrected chi connectivity index (χ1v) is 10.7. The summed E-state index contributed by atoms with van der Waals surface area (Å²) in [7, 11) is 0. The Morgan fingerprint density at radius 1 is 1.03 bits per heavy atom. The van der Waals surface area contributed by atoms with Crippen LogP contribution < -0.4 is 5.32 Å². The summed E-state index contributed by atoms with van der Waals surface area (Å²) < 4.78 is 0. The molecule has 0 aromatic heterocycles. The minimum absolute atomic E-state index is 0.0470. The van der Waals surface area contributed by atoms with Gasteiger partial charge in [-0.1, -0.05) is 43.2 Å². The molecule has 2 aliphatic heterocycles. The van der Waals surface area contributed by atoms with Crippen molar-refractivity contribution in [1.82, 2.24) is 20.0 Å².